The first-order chi connectivity index (χ1) is 9.69. The van der Waals surface area contributed by atoms with E-state index in [0.29, 0.717) is 6.54 Å². The number of nitrogens with one attached hydrogen (secondary N) is 1. The first-order valence-electron chi connectivity index (χ1n) is 5.77. The molecule has 104 valence electrons. The van der Waals surface area contributed by atoms with E-state index >= 15 is 0 Å². The van der Waals surface area contributed by atoms with Crippen LogP contribution in [-0.4, -0.2) is 38.5 Å². The minimum absolute atomic E-state index is 0.0610. The highest BCUT2D eigenvalue weighted by Gasteiger charge is 2.27. The molecule has 0 aliphatic carbocycles. The summed E-state index contributed by atoms with van der Waals surface area (Å²) in [6.45, 7) is 2.31. The molecule has 2 aromatic rings. The van der Waals surface area contributed by atoms with Crippen molar-refractivity contribution >= 4 is 11.5 Å². The smallest absolute Gasteiger partial charge is 0.339 e. The van der Waals surface area contributed by atoms with E-state index in [9.17, 15) is 10.1 Å². The van der Waals surface area contributed by atoms with Crippen molar-refractivity contribution < 1.29 is 9.66 Å². The predicted molar refractivity (Wildman–Crippen MR) is 70.4 cm³/mol. The highest BCUT2D eigenvalue weighted by atomic mass is 16.6. The van der Waals surface area contributed by atoms with Gasteiger partial charge in [-0.2, -0.15) is 0 Å². The average molecular weight is 276 g/mol. The third-order valence-electron chi connectivity index (χ3n) is 2.43. The van der Waals surface area contributed by atoms with Gasteiger partial charge in [-0.1, -0.05) is 0 Å². The van der Waals surface area contributed by atoms with Crippen molar-refractivity contribution in [1.29, 1.82) is 0 Å². The highest BCUT2D eigenvalue weighted by Crippen LogP contribution is 2.34. The second kappa shape index (κ2) is 5.87. The summed E-state index contributed by atoms with van der Waals surface area (Å²) in [5, 5.41) is 14.1. The Hall–Kier alpha value is -2.84. The van der Waals surface area contributed by atoms with E-state index in [2.05, 4.69) is 25.3 Å². The molecule has 2 aromatic heterocycles. The van der Waals surface area contributed by atoms with Crippen molar-refractivity contribution in [3.8, 4) is 17.3 Å². The Morgan fingerprint density at radius 3 is 2.65 bits per heavy atom. The zero-order chi connectivity index (χ0) is 14.5. The van der Waals surface area contributed by atoms with Gasteiger partial charge in [-0.3, -0.25) is 10.1 Å². The Bertz CT molecular complexity index is 633. The molecule has 2 heterocycles. The van der Waals surface area contributed by atoms with Gasteiger partial charge in [-0.25, -0.2) is 19.9 Å². The molecule has 0 radical (unpaired) electrons. The summed E-state index contributed by atoms with van der Waals surface area (Å²) in [6.07, 6.45) is 4.08. The van der Waals surface area contributed by atoms with Gasteiger partial charge in [-0.05, 0) is 6.92 Å². The number of methoxy groups -OCH3 is 1. The summed E-state index contributed by atoms with van der Waals surface area (Å²) in [6, 6.07) is 0. The lowest BCUT2D eigenvalue weighted by Gasteiger charge is -2.08. The highest BCUT2D eigenvalue weighted by molar-refractivity contribution is 5.76. The van der Waals surface area contributed by atoms with Crippen LogP contribution in [0.4, 0.5) is 11.5 Å². The van der Waals surface area contributed by atoms with E-state index in [1.165, 1.54) is 25.8 Å². The Morgan fingerprint density at radius 2 is 2.00 bits per heavy atom. The lowest BCUT2D eigenvalue weighted by molar-refractivity contribution is -0.383. The summed E-state index contributed by atoms with van der Waals surface area (Å²) < 4.78 is 5.06. The van der Waals surface area contributed by atoms with Crippen LogP contribution >= 0.6 is 0 Å². The molecule has 0 saturated carbocycles. The summed E-state index contributed by atoms with van der Waals surface area (Å²) in [5.74, 6) is 0.298. The monoisotopic (exact) mass is 276 g/mol. The van der Waals surface area contributed by atoms with Crippen LogP contribution < -0.4 is 10.1 Å². The summed E-state index contributed by atoms with van der Waals surface area (Å²) in [4.78, 5) is 26.6. The average Bonchev–Trinajstić information content (AvgIpc) is 2.47. The van der Waals surface area contributed by atoms with Gasteiger partial charge in [0.15, 0.2) is 11.4 Å². The molecule has 0 fully saturated rings. The van der Waals surface area contributed by atoms with Gasteiger partial charge < -0.3 is 10.1 Å². The number of aromatic nitrogens is 4. The van der Waals surface area contributed by atoms with Gasteiger partial charge in [0.2, 0.25) is 11.7 Å². The molecular weight excluding hydrogens is 264 g/mol. The van der Waals surface area contributed by atoms with Crippen LogP contribution in [-0.2, 0) is 0 Å². The molecule has 0 unspecified atom stereocenters. The van der Waals surface area contributed by atoms with Gasteiger partial charge >= 0.3 is 5.69 Å². The van der Waals surface area contributed by atoms with Crippen molar-refractivity contribution in [3.05, 3.63) is 28.8 Å². The molecule has 0 bridgehead atoms. The maximum atomic E-state index is 11.3. The van der Waals surface area contributed by atoms with Gasteiger partial charge in [-0.15, -0.1) is 0 Å². The number of hydrogen-bond acceptors (Lipinski definition) is 8. The molecule has 0 aliphatic rings. The molecular formula is C11H12N6O3. The third kappa shape index (κ3) is 2.46. The SMILES string of the molecule is CCNc1ncnc(-c2nccnc2OC)c1[N+](=O)[O-]. The van der Waals surface area contributed by atoms with Crippen LogP contribution in [0.25, 0.3) is 11.4 Å². The van der Waals surface area contributed by atoms with E-state index in [-0.39, 0.29) is 28.8 Å². The predicted octanol–water partition coefficient (Wildman–Crippen LogP) is 1.28. The molecule has 20 heavy (non-hydrogen) atoms. The van der Waals surface area contributed by atoms with E-state index in [1.54, 1.807) is 0 Å². The van der Waals surface area contributed by atoms with Crippen LogP contribution in [0.15, 0.2) is 18.7 Å². The molecule has 9 nitrogen and oxygen atoms in total. The van der Waals surface area contributed by atoms with Crippen molar-refractivity contribution in [2.24, 2.45) is 0 Å². The summed E-state index contributed by atoms with van der Waals surface area (Å²) >= 11 is 0. The number of nitro groups is 1. The maximum Gasteiger partial charge on any atom is 0.339 e. The molecule has 0 saturated heterocycles. The zero-order valence-electron chi connectivity index (χ0n) is 10.9. The van der Waals surface area contributed by atoms with E-state index in [4.69, 9.17) is 4.74 Å². The number of rotatable bonds is 5. The van der Waals surface area contributed by atoms with Crippen LogP contribution in [0.3, 0.4) is 0 Å². The maximum absolute atomic E-state index is 11.3. The fourth-order valence-electron chi connectivity index (χ4n) is 1.66. The Labute approximate surface area is 114 Å². The van der Waals surface area contributed by atoms with E-state index in [1.807, 2.05) is 6.92 Å². The van der Waals surface area contributed by atoms with Gasteiger partial charge in [0.05, 0.1) is 12.0 Å². The van der Waals surface area contributed by atoms with Crippen molar-refractivity contribution in [2.45, 2.75) is 6.92 Å². The molecule has 1 N–H and O–H groups in total. The summed E-state index contributed by atoms with van der Waals surface area (Å²) in [7, 11) is 1.41. The Morgan fingerprint density at radius 1 is 1.25 bits per heavy atom. The standard InChI is InChI=1S/C11H12N6O3/c1-3-12-10-9(17(18)19)7(15-6-16-10)8-11(20-2)14-5-4-13-8/h4-6H,3H2,1-2H3,(H,12,15,16). The third-order valence-corrected chi connectivity index (χ3v) is 2.43. The molecule has 0 amide bonds. The molecule has 0 aromatic carbocycles. The summed E-state index contributed by atoms with van der Waals surface area (Å²) in [5.41, 5.74) is 0.00213. The van der Waals surface area contributed by atoms with Crippen LogP contribution in [0.2, 0.25) is 0 Å². The van der Waals surface area contributed by atoms with Crippen molar-refractivity contribution in [3.63, 3.8) is 0 Å². The number of ether oxygens (including phenoxy) is 1. The largest absolute Gasteiger partial charge is 0.479 e. The second-order valence-electron chi connectivity index (χ2n) is 3.62. The lowest BCUT2D eigenvalue weighted by atomic mass is 10.2. The lowest BCUT2D eigenvalue weighted by Crippen LogP contribution is -2.07. The molecule has 0 aliphatic heterocycles. The molecule has 0 spiro atoms. The van der Waals surface area contributed by atoms with Crippen molar-refractivity contribution in [2.75, 3.05) is 19.0 Å². The Kier molecular flexibility index (Phi) is 3.99. The van der Waals surface area contributed by atoms with Gasteiger partial charge in [0, 0.05) is 18.9 Å². The molecule has 2 rings (SSSR count). The topological polar surface area (TPSA) is 116 Å². The first-order valence-corrected chi connectivity index (χ1v) is 5.77. The first kappa shape index (κ1) is 13.6. The van der Waals surface area contributed by atoms with Crippen LogP contribution in [0, 0.1) is 10.1 Å². The van der Waals surface area contributed by atoms with Crippen LogP contribution in [0.5, 0.6) is 5.88 Å². The zero-order valence-corrected chi connectivity index (χ0v) is 10.9. The normalized spacial score (nSPS) is 10.1. The minimum atomic E-state index is -0.554. The van der Waals surface area contributed by atoms with Crippen molar-refractivity contribution in [1.82, 2.24) is 19.9 Å². The molecule has 0 atom stereocenters. The fraction of sp³-hybridized carbons (Fsp3) is 0.273. The van der Waals surface area contributed by atoms with E-state index < -0.39 is 4.92 Å². The van der Waals surface area contributed by atoms with Gasteiger partial charge in [0.25, 0.3) is 0 Å². The Balaban J connectivity index is 2.67. The second-order valence-corrected chi connectivity index (χ2v) is 3.62. The number of hydrogen-bond donors (Lipinski definition) is 1. The number of anilines is 1. The quantitative estimate of drug-likeness (QED) is 0.641. The van der Waals surface area contributed by atoms with Crippen LogP contribution in [0.1, 0.15) is 6.92 Å². The number of nitrogens with zero attached hydrogens (tertiary/aromatic N) is 5. The fourth-order valence-corrected chi connectivity index (χ4v) is 1.66. The van der Waals surface area contributed by atoms with E-state index in [0.717, 1.165) is 0 Å². The van der Waals surface area contributed by atoms with Gasteiger partial charge in [0.1, 0.15) is 6.33 Å². The molecule has 9 heteroatoms. The minimum Gasteiger partial charge on any atom is -0.479 e.